The molecule has 0 atom stereocenters. The number of nitrogens with zero attached hydrogens (tertiary/aromatic N) is 2. The van der Waals surface area contributed by atoms with Crippen molar-refractivity contribution >= 4 is 54.0 Å². The largest absolute Gasteiger partial charge is 0.360 e. The zero-order valence-electron chi connectivity index (χ0n) is 11.6. The molecule has 0 saturated heterocycles. The third-order valence-corrected chi connectivity index (χ3v) is 4.73. The van der Waals surface area contributed by atoms with Crippen molar-refractivity contribution in [2.24, 2.45) is 0 Å². The maximum absolute atomic E-state index is 13.0. The first-order valence-corrected chi connectivity index (χ1v) is 7.70. The van der Waals surface area contributed by atoms with Gasteiger partial charge in [-0.05, 0) is 25.1 Å². The van der Waals surface area contributed by atoms with Crippen LogP contribution in [0.3, 0.4) is 0 Å². The third-order valence-electron chi connectivity index (χ3n) is 4.27. The summed E-state index contributed by atoms with van der Waals surface area (Å²) in [6.45, 7) is 1.77. The number of fused-ring (bicyclic) bond motifs is 5. The van der Waals surface area contributed by atoms with Crippen molar-refractivity contribution in [2.45, 2.75) is 6.92 Å². The molecule has 0 aliphatic heterocycles. The van der Waals surface area contributed by atoms with Gasteiger partial charge < -0.3 is 4.52 Å². The minimum Gasteiger partial charge on any atom is -0.360 e. The summed E-state index contributed by atoms with van der Waals surface area (Å²) in [5.74, 6) is 0.552. The number of pyridine rings is 1. The number of aryl methyl sites for hydroxylation is 1. The topological polar surface area (TPSA) is 47.5 Å². The van der Waals surface area contributed by atoms with Crippen LogP contribution in [0.1, 0.15) is 5.76 Å². The summed E-state index contributed by atoms with van der Waals surface area (Å²) in [4.78, 5) is 13.0. The predicted molar refractivity (Wildman–Crippen MR) is 89.9 cm³/mol. The van der Waals surface area contributed by atoms with E-state index in [1.165, 1.54) is 0 Å². The van der Waals surface area contributed by atoms with Gasteiger partial charge >= 0.3 is 0 Å². The number of aromatic nitrogens is 2. The lowest BCUT2D eigenvalue weighted by atomic mass is 10.1. The summed E-state index contributed by atoms with van der Waals surface area (Å²) in [6, 6.07) is 12.0. The van der Waals surface area contributed by atoms with E-state index in [4.69, 9.17) is 4.52 Å². The van der Waals surface area contributed by atoms with E-state index in [1.54, 1.807) is 11.3 Å². The second kappa shape index (κ2) is 3.87. The zero-order chi connectivity index (χ0) is 15.0. The number of hydrogen-bond acceptors (Lipinski definition) is 3. The summed E-state index contributed by atoms with van der Waals surface area (Å²) in [6.07, 6.45) is 0. The molecule has 5 aromatic rings. The standard InChI is InChI=1S/C17H9BrN2O2/c1-8-14-15(19-22-8)12-7-9(18)6-11-10-4-2-3-5-13(10)20(16(11)12)17(14)21/h2-7H,1H3. The van der Waals surface area contributed by atoms with E-state index in [9.17, 15) is 4.79 Å². The Balaban J connectivity index is 2.33. The number of benzene rings is 2. The Kier molecular flexibility index (Phi) is 2.14. The van der Waals surface area contributed by atoms with Crippen LogP contribution in [0.15, 0.2) is 50.2 Å². The van der Waals surface area contributed by atoms with Gasteiger partial charge in [-0.25, -0.2) is 0 Å². The molecule has 0 spiro atoms. The van der Waals surface area contributed by atoms with Crippen molar-refractivity contribution in [3.63, 3.8) is 0 Å². The van der Waals surface area contributed by atoms with Crippen molar-refractivity contribution in [3.8, 4) is 0 Å². The lowest BCUT2D eigenvalue weighted by Crippen LogP contribution is -2.12. The molecule has 3 heterocycles. The van der Waals surface area contributed by atoms with Crippen molar-refractivity contribution in [3.05, 3.63) is 57.0 Å². The van der Waals surface area contributed by atoms with Crippen LogP contribution < -0.4 is 5.56 Å². The van der Waals surface area contributed by atoms with Crippen LogP contribution >= 0.6 is 15.9 Å². The molecule has 0 amide bonds. The maximum atomic E-state index is 13.0. The van der Waals surface area contributed by atoms with Crippen LogP contribution in [0.25, 0.3) is 38.1 Å². The highest BCUT2D eigenvalue weighted by molar-refractivity contribution is 9.10. The monoisotopic (exact) mass is 352 g/mol. The molecule has 3 aromatic heterocycles. The Morgan fingerprint density at radius 3 is 2.77 bits per heavy atom. The fourth-order valence-corrected chi connectivity index (χ4v) is 3.83. The minimum atomic E-state index is -0.0743. The first-order valence-electron chi connectivity index (χ1n) is 6.91. The van der Waals surface area contributed by atoms with Crippen molar-refractivity contribution in [1.29, 1.82) is 0 Å². The fourth-order valence-electron chi connectivity index (χ4n) is 3.37. The molecule has 0 unspecified atom stereocenters. The summed E-state index contributed by atoms with van der Waals surface area (Å²) < 4.78 is 8.01. The van der Waals surface area contributed by atoms with Gasteiger partial charge in [0.15, 0.2) is 0 Å². The quantitative estimate of drug-likeness (QED) is 0.418. The molecule has 0 aliphatic rings. The second-order valence-corrected chi connectivity index (χ2v) is 6.39. The van der Waals surface area contributed by atoms with Crippen molar-refractivity contribution in [2.75, 3.05) is 0 Å². The molecule has 4 nitrogen and oxygen atoms in total. The number of para-hydroxylation sites is 1. The van der Waals surface area contributed by atoms with Crippen LogP contribution in [-0.2, 0) is 0 Å². The van der Waals surface area contributed by atoms with Gasteiger partial charge in [-0.2, -0.15) is 0 Å². The van der Waals surface area contributed by atoms with Gasteiger partial charge in [-0.1, -0.05) is 39.3 Å². The first kappa shape index (κ1) is 12.2. The normalized spacial score (nSPS) is 12.3. The molecule has 0 radical (unpaired) electrons. The van der Waals surface area contributed by atoms with E-state index in [1.807, 2.05) is 36.4 Å². The number of rotatable bonds is 0. The Morgan fingerprint density at radius 2 is 1.91 bits per heavy atom. The van der Waals surface area contributed by atoms with E-state index in [-0.39, 0.29) is 5.56 Å². The second-order valence-electron chi connectivity index (χ2n) is 5.47. The highest BCUT2D eigenvalue weighted by Crippen LogP contribution is 2.36. The SMILES string of the molecule is Cc1onc2c1c(=O)n1c3ccccc3c3cc(Br)cc2c31. The van der Waals surface area contributed by atoms with Crippen LogP contribution in [0.2, 0.25) is 0 Å². The van der Waals surface area contributed by atoms with Gasteiger partial charge in [0.05, 0.1) is 11.0 Å². The molecular weight excluding hydrogens is 344 g/mol. The van der Waals surface area contributed by atoms with Gasteiger partial charge in [-0.15, -0.1) is 0 Å². The maximum Gasteiger partial charge on any atom is 0.268 e. The Hall–Kier alpha value is -2.40. The molecule has 0 saturated carbocycles. The van der Waals surface area contributed by atoms with E-state index in [0.717, 1.165) is 31.7 Å². The van der Waals surface area contributed by atoms with Crippen LogP contribution in [0.4, 0.5) is 0 Å². The smallest absolute Gasteiger partial charge is 0.268 e. The zero-order valence-corrected chi connectivity index (χ0v) is 13.1. The van der Waals surface area contributed by atoms with Gasteiger partial charge in [0.2, 0.25) is 0 Å². The van der Waals surface area contributed by atoms with Gasteiger partial charge in [0.25, 0.3) is 5.56 Å². The van der Waals surface area contributed by atoms with E-state index in [2.05, 4.69) is 21.1 Å². The highest BCUT2D eigenvalue weighted by atomic mass is 79.9. The first-order chi connectivity index (χ1) is 10.7. The van der Waals surface area contributed by atoms with Crippen LogP contribution in [0, 0.1) is 6.92 Å². The molecule has 0 aliphatic carbocycles. The fraction of sp³-hybridized carbons (Fsp3) is 0.0588. The molecule has 2 aromatic carbocycles. The minimum absolute atomic E-state index is 0.0743. The van der Waals surface area contributed by atoms with Crippen LogP contribution in [-0.4, -0.2) is 9.56 Å². The lowest BCUT2D eigenvalue weighted by molar-refractivity contribution is 0.406. The van der Waals surface area contributed by atoms with Gasteiger partial charge in [0.1, 0.15) is 16.7 Å². The molecule has 0 N–H and O–H groups in total. The molecule has 5 heteroatoms. The summed E-state index contributed by atoms with van der Waals surface area (Å²) in [7, 11) is 0. The Bertz CT molecular complexity index is 1270. The van der Waals surface area contributed by atoms with E-state index >= 15 is 0 Å². The Morgan fingerprint density at radius 1 is 1.14 bits per heavy atom. The number of halogens is 1. The molecule has 0 bridgehead atoms. The molecule has 106 valence electrons. The average Bonchev–Trinajstić information content (AvgIpc) is 3.05. The molecule has 22 heavy (non-hydrogen) atoms. The van der Waals surface area contributed by atoms with Gasteiger partial charge in [-0.3, -0.25) is 9.20 Å². The van der Waals surface area contributed by atoms with Crippen LogP contribution in [0.5, 0.6) is 0 Å². The molecule has 5 rings (SSSR count). The van der Waals surface area contributed by atoms with E-state index < -0.39 is 0 Å². The molecular formula is C17H9BrN2O2. The van der Waals surface area contributed by atoms with Crippen molar-refractivity contribution < 1.29 is 4.52 Å². The summed E-state index contributed by atoms with van der Waals surface area (Å²) >= 11 is 3.56. The molecule has 0 fully saturated rings. The Labute approximate surface area is 132 Å². The average molecular weight is 353 g/mol. The van der Waals surface area contributed by atoms with E-state index in [0.29, 0.717) is 16.7 Å². The summed E-state index contributed by atoms with van der Waals surface area (Å²) in [5.41, 5.74) is 2.36. The van der Waals surface area contributed by atoms with Crippen molar-refractivity contribution in [1.82, 2.24) is 9.56 Å². The number of hydrogen-bond donors (Lipinski definition) is 0. The highest BCUT2D eigenvalue weighted by Gasteiger charge is 2.21. The lowest BCUT2D eigenvalue weighted by Gasteiger charge is -2.02. The van der Waals surface area contributed by atoms with Gasteiger partial charge in [0, 0.05) is 20.6 Å². The predicted octanol–water partition coefficient (Wildman–Crippen LogP) is 4.26. The third kappa shape index (κ3) is 1.28. The summed E-state index contributed by atoms with van der Waals surface area (Å²) in [5, 5.41) is 7.69.